The van der Waals surface area contributed by atoms with E-state index in [1.807, 2.05) is 31.2 Å². The Balaban J connectivity index is 3.13. The van der Waals surface area contributed by atoms with Crippen molar-refractivity contribution in [2.45, 2.75) is 47.0 Å². The molecule has 0 spiro atoms. The second kappa shape index (κ2) is 10.1. The minimum absolute atomic E-state index is 0.237. The molecule has 1 rings (SSSR count). The SMILES string of the molecule is CCCC/C(OP(=O)(OCC)OCC)=C(/Cl)c1ccc(C)cc1. The maximum atomic E-state index is 12.6. The molecule has 0 N–H and O–H groups in total. The Hall–Kier alpha value is -0.800. The molecule has 0 amide bonds. The van der Waals surface area contributed by atoms with E-state index >= 15 is 0 Å². The number of aryl methyl sites for hydroxylation is 1. The van der Waals surface area contributed by atoms with Gasteiger partial charge in [0.2, 0.25) is 0 Å². The molecule has 0 aliphatic rings. The summed E-state index contributed by atoms with van der Waals surface area (Å²) >= 11 is 6.49. The number of benzene rings is 1. The van der Waals surface area contributed by atoms with Crippen molar-refractivity contribution in [3.63, 3.8) is 0 Å². The minimum Gasteiger partial charge on any atom is -0.407 e. The maximum absolute atomic E-state index is 12.6. The van der Waals surface area contributed by atoms with E-state index < -0.39 is 7.82 Å². The van der Waals surface area contributed by atoms with Gasteiger partial charge in [-0.15, -0.1) is 0 Å². The van der Waals surface area contributed by atoms with Crippen LogP contribution < -0.4 is 0 Å². The molecule has 0 radical (unpaired) electrons. The highest BCUT2D eigenvalue weighted by Crippen LogP contribution is 2.53. The van der Waals surface area contributed by atoms with Crippen LogP contribution in [0.25, 0.3) is 5.03 Å². The van der Waals surface area contributed by atoms with Gasteiger partial charge in [0.25, 0.3) is 0 Å². The fraction of sp³-hybridized carbons (Fsp3) is 0.529. The predicted molar refractivity (Wildman–Crippen MR) is 95.4 cm³/mol. The molecule has 1 aromatic carbocycles. The van der Waals surface area contributed by atoms with E-state index in [0.29, 0.717) is 17.2 Å². The van der Waals surface area contributed by atoms with Crippen LogP contribution in [0.15, 0.2) is 30.0 Å². The number of halogens is 1. The lowest BCUT2D eigenvalue weighted by Gasteiger charge is -2.20. The summed E-state index contributed by atoms with van der Waals surface area (Å²) in [5, 5.41) is 0.443. The number of rotatable bonds is 10. The normalized spacial score (nSPS) is 12.9. The van der Waals surface area contributed by atoms with Crippen molar-refractivity contribution in [1.82, 2.24) is 0 Å². The first kappa shape index (κ1) is 20.2. The number of hydrogen-bond donors (Lipinski definition) is 0. The molecular weight excluding hydrogens is 335 g/mol. The van der Waals surface area contributed by atoms with Crippen molar-refractivity contribution in [2.24, 2.45) is 0 Å². The second-order valence-electron chi connectivity index (χ2n) is 5.08. The Bertz CT molecular complexity index is 544. The molecule has 0 atom stereocenters. The van der Waals surface area contributed by atoms with Gasteiger partial charge in [-0.3, -0.25) is 9.05 Å². The quantitative estimate of drug-likeness (QED) is 0.363. The maximum Gasteiger partial charge on any atom is 0.529 e. The fourth-order valence-corrected chi connectivity index (χ4v) is 3.51. The van der Waals surface area contributed by atoms with E-state index in [1.54, 1.807) is 13.8 Å². The number of hydrogen-bond acceptors (Lipinski definition) is 4. The average molecular weight is 361 g/mol. The van der Waals surface area contributed by atoms with Gasteiger partial charge in [-0.2, -0.15) is 0 Å². The lowest BCUT2D eigenvalue weighted by atomic mass is 10.1. The highest BCUT2D eigenvalue weighted by atomic mass is 35.5. The van der Waals surface area contributed by atoms with Crippen LogP contribution in [0.1, 0.15) is 51.2 Å². The summed E-state index contributed by atoms with van der Waals surface area (Å²) in [7, 11) is -3.64. The standard InChI is InChI=1S/C17H26ClO4P/c1-5-8-9-16(22-23(19,20-6-2)21-7-3)17(18)15-12-10-14(4)11-13-15/h10-13H,5-9H2,1-4H3/b17-16-. The zero-order valence-corrected chi connectivity index (χ0v) is 16.0. The van der Waals surface area contributed by atoms with Crippen LogP contribution in [0.5, 0.6) is 0 Å². The summed E-state index contributed by atoms with van der Waals surface area (Å²) in [4.78, 5) is 0. The Morgan fingerprint density at radius 2 is 1.65 bits per heavy atom. The molecule has 130 valence electrons. The first-order chi connectivity index (χ1) is 11.0. The second-order valence-corrected chi connectivity index (χ2v) is 7.05. The summed E-state index contributed by atoms with van der Waals surface area (Å²) in [6, 6.07) is 7.78. The van der Waals surface area contributed by atoms with E-state index in [2.05, 4.69) is 6.92 Å². The highest BCUT2D eigenvalue weighted by molar-refractivity contribution is 7.48. The third kappa shape index (κ3) is 6.68. The molecule has 0 saturated heterocycles. The van der Waals surface area contributed by atoms with Crippen LogP contribution in [0, 0.1) is 6.92 Å². The van der Waals surface area contributed by atoms with Gasteiger partial charge in [-0.1, -0.05) is 54.8 Å². The number of allylic oxidation sites excluding steroid dienone is 1. The topological polar surface area (TPSA) is 44.8 Å². The van der Waals surface area contributed by atoms with Crippen molar-refractivity contribution >= 4 is 24.5 Å². The minimum atomic E-state index is -3.64. The van der Waals surface area contributed by atoms with Crippen LogP contribution in [-0.4, -0.2) is 13.2 Å². The van der Waals surface area contributed by atoms with Crippen LogP contribution in [0.2, 0.25) is 0 Å². The van der Waals surface area contributed by atoms with Gasteiger partial charge >= 0.3 is 7.82 Å². The summed E-state index contributed by atoms with van der Waals surface area (Å²) < 4.78 is 28.7. The molecule has 0 unspecified atom stereocenters. The molecule has 4 nitrogen and oxygen atoms in total. The zero-order valence-electron chi connectivity index (χ0n) is 14.3. The Labute approximate surface area is 144 Å². The molecule has 0 aliphatic heterocycles. The summed E-state index contributed by atoms with van der Waals surface area (Å²) in [6.07, 6.45) is 2.42. The molecule has 0 aliphatic carbocycles. The lowest BCUT2D eigenvalue weighted by Crippen LogP contribution is -2.02. The molecule has 6 heteroatoms. The Morgan fingerprint density at radius 3 is 2.13 bits per heavy atom. The molecule has 0 fully saturated rings. The van der Waals surface area contributed by atoms with Crippen molar-refractivity contribution in [2.75, 3.05) is 13.2 Å². The summed E-state index contributed by atoms with van der Waals surface area (Å²) in [6.45, 7) is 8.04. The third-order valence-corrected chi connectivity index (χ3v) is 5.13. The van der Waals surface area contributed by atoms with Crippen molar-refractivity contribution in [1.29, 1.82) is 0 Å². The Kier molecular flexibility index (Phi) is 8.93. The van der Waals surface area contributed by atoms with Gasteiger partial charge < -0.3 is 4.52 Å². The zero-order chi connectivity index (χ0) is 17.3. The first-order valence-electron chi connectivity index (χ1n) is 8.00. The van der Waals surface area contributed by atoms with E-state index in [0.717, 1.165) is 24.0 Å². The predicted octanol–water partition coefficient (Wildman–Crippen LogP) is 6.29. The summed E-state index contributed by atoms with van der Waals surface area (Å²) in [5.74, 6) is 0.447. The molecular formula is C17H26ClO4P. The van der Waals surface area contributed by atoms with Crippen molar-refractivity contribution < 1.29 is 18.1 Å². The number of phosphoric acid groups is 1. The molecule has 0 aromatic heterocycles. The van der Waals surface area contributed by atoms with Gasteiger partial charge in [0.1, 0.15) is 5.76 Å². The van der Waals surface area contributed by atoms with Crippen LogP contribution in [0.3, 0.4) is 0 Å². The highest BCUT2D eigenvalue weighted by Gasteiger charge is 2.29. The van der Waals surface area contributed by atoms with Gasteiger partial charge in [0, 0.05) is 6.42 Å². The van der Waals surface area contributed by atoms with Crippen molar-refractivity contribution in [3.8, 4) is 0 Å². The lowest BCUT2D eigenvalue weighted by molar-refractivity contribution is 0.143. The van der Waals surface area contributed by atoms with Crippen molar-refractivity contribution in [3.05, 3.63) is 41.2 Å². The smallest absolute Gasteiger partial charge is 0.407 e. The monoisotopic (exact) mass is 360 g/mol. The largest absolute Gasteiger partial charge is 0.529 e. The number of unbranched alkanes of at least 4 members (excludes halogenated alkanes) is 1. The van der Waals surface area contributed by atoms with Crippen LogP contribution >= 0.6 is 19.4 Å². The average Bonchev–Trinajstić information content (AvgIpc) is 2.52. The van der Waals surface area contributed by atoms with E-state index in [1.165, 1.54) is 0 Å². The van der Waals surface area contributed by atoms with E-state index in [4.69, 9.17) is 25.2 Å². The van der Waals surface area contributed by atoms with Gasteiger partial charge in [-0.25, -0.2) is 4.57 Å². The molecule has 1 aromatic rings. The first-order valence-corrected chi connectivity index (χ1v) is 9.84. The van der Waals surface area contributed by atoms with E-state index in [9.17, 15) is 4.57 Å². The van der Waals surface area contributed by atoms with Gasteiger partial charge in [-0.05, 0) is 32.8 Å². The summed E-state index contributed by atoms with van der Waals surface area (Å²) in [5.41, 5.74) is 1.96. The fourth-order valence-electron chi connectivity index (χ4n) is 1.93. The number of phosphoric ester groups is 1. The van der Waals surface area contributed by atoms with Gasteiger partial charge in [0.05, 0.1) is 18.2 Å². The molecule has 23 heavy (non-hydrogen) atoms. The van der Waals surface area contributed by atoms with Crippen LogP contribution in [0.4, 0.5) is 0 Å². The van der Waals surface area contributed by atoms with Crippen LogP contribution in [-0.2, 0) is 18.1 Å². The third-order valence-electron chi connectivity index (χ3n) is 3.10. The van der Waals surface area contributed by atoms with E-state index in [-0.39, 0.29) is 13.2 Å². The molecule has 0 heterocycles. The molecule has 0 saturated carbocycles. The Morgan fingerprint density at radius 1 is 1.09 bits per heavy atom. The van der Waals surface area contributed by atoms with Gasteiger partial charge in [0.15, 0.2) is 0 Å². The molecule has 0 bridgehead atoms.